The van der Waals surface area contributed by atoms with Crippen molar-refractivity contribution in [2.45, 2.75) is 32.3 Å². The number of allylic oxidation sites excluding steroid dienone is 1. The van der Waals surface area contributed by atoms with Crippen LogP contribution in [0.25, 0.3) is 0 Å². The van der Waals surface area contributed by atoms with Gasteiger partial charge in [-0.1, -0.05) is 18.2 Å². The maximum atomic E-state index is 12.0. The van der Waals surface area contributed by atoms with Crippen LogP contribution in [0.5, 0.6) is 5.75 Å². The third-order valence-corrected chi connectivity index (χ3v) is 4.53. The Kier molecular flexibility index (Phi) is 3.19. The van der Waals surface area contributed by atoms with E-state index in [2.05, 4.69) is 6.07 Å². The lowest BCUT2D eigenvalue weighted by molar-refractivity contribution is -0.148. The fraction of sp³-hybridized carbons (Fsp3) is 0.471. The Labute approximate surface area is 124 Å². The lowest BCUT2D eigenvalue weighted by Gasteiger charge is -2.47. The van der Waals surface area contributed by atoms with E-state index < -0.39 is 11.6 Å². The SMILES string of the molecule is COC(=O)C1=C(C)[C@@H]2c3ccccc3OC[C@@H]2C(C)(C)O1. The standard InChI is InChI=1S/C17H20O4/c1-10-14-11-7-5-6-8-13(11)20-9-12(14)17(2,3)21-15(10)16(18)19-4/h5-8,12,14H,9H2,1-4H3/t12-,14+/m0/s1. The van der Waals surface area contributed by atoms with E-state index in [0.29, 0.717) is 12.4 Å². The van der Waals surface area contributed by atoms with E-state index in [-0.39, 0.29) is 11.8 Å². The number of ether oxygens (including phenoxy) is 3. The first-order chi connectivity index (χ1) is 9.95. The van der Waals surface area contributed by atoms with Gasteiger partial charge in [-0.25, -0.2) is 4.79 Å². The number of hydrogen-bond donors (Lipinski definition) is 0. The van der Waals surface area contributed by atoms with E-state index in [1.165, 1.54) is 7.11 Å². The van der Waals surface area contributed by atoms with Crippen LogP contribution in [0.2, 0.25) is 0 Å². The van der Waals surface area contributed by atoms with Gasteiger partial charge in [-0.15, -0.1) is 0 Å². The second-order valence-electron chi connectivity index (χ2n) is 6.14. The Bertz CT molecular complexity index is 615. The van der Waals surface area contributed by atoms with Gasteiger partial charge in [-0.2, -0.15) is 0 Å². The molecule has 0 amide bonds. The molecule has 0 bridgehead atoms. The van der Waals surface area contributed by atoms with Gasteiger partial charge in [0, 0.05) is 17.4 Å². The van der Waals surface area contributed by atoms with E-state index in [1.807, 2.05) is 39.0 Å². The lowest BCUT2D eigenvalue weighted by atomic mass is 9.70. The zero-order valence-electron chi connectivity index (χ0n) is 12.8. The lowest BCUT2D eigenvalue weighted by Crippen LogP contribution is -2.48. The van der Waals surface area contributed by atoms with E-state index in [1.54, 1.807) is 0 Å². The van der Waals surface area contributed by atoms with E-state index in [4.69, 9.17) is 14.2 Å². The molecule has 0 saturated heterocycles. The summed E-state index contributed by atoms with van der Waals surface area (Å²) < 4.78 is 16.7. The minimum atomic E-state index is -0.485. The molecular weight excluding hydrogens is 268 g/mol. The summed E-state index contributed by atoms with van der Waals surface area (Å²) in [5.41, 5.74) is 1.55. The van der Waals surface area contributed by atoms with Crippen LogP contribution in [0.4, 0.5) is 0 Å². The molecule has 4 nitrogen and oxygen atoms in total. The second kappa shape index (κ2) is 4.79. The first-order valence-corrected chi connectivity index (χ1v) is 7.15. The van der Waals surface area contributed by atoms with Gasteiger partial charge in [0.2, 0.25) is 5.76 Å². The maximum Gasteiger partial charge on any atom is 0.373 e. The molecule has 0 unspecified atom stereocenters. The molecule has 0 N–H and O–H groups in total. The number of fused-ring (bicyclic) bond motifs is 3. The quantitative estimate of drug-likeness (QED) is 0.745. The number of carbonyl (C=O) groups is 1. The molecule has 2 aliphatic heterocycles. The van der Waals surface area contributed by atoms with Gasteiger partial charge in [0.25, 0.3) is 0 Å². The molecule has 1 aromatic carbocycles. The summed E-state index contributed by atoms with van der Waals surface area (Å²) in [7, 11) is 1.38. The van der Waals surface area contributed by atoms with Gasteiger partial charge in [0.15, 0.2) is 0 Å². The van der Waals surface area contributed by atoms with Crippen molar-refractivity contribution < 1.29 is 19.0 Å². The highest BCUT2D eigenvalue weighted by atomic mass is 16.6. The van der Waals surface area contributed by atoms with Crippen LogP contribution >= 0.6 is 0 Å². The van der Waals surface area contributed by atoms with E-state index >= 15 is 0 Å². The van der Waals surface area contributed by atoms with Crippen LogP contribution in [-0.2, 0) is 14.3 Å². The van der Waals surface area contributed by atoms with Gasteiger partial charge in [0.1, 0.15) is 11.4 Å². The van der Waals surface area contributed by atoms with Crippen LogP contribution in [0, 0.1) is 5.92 Å². The number of methoxy groups -OCH3 is 1. The van der Waals surface area contributed by atoms with Crippen molar-refractivity contribution in [1.29, 1.82) is 0 Å². The molecule has 0 aliphatic carbocycles. The third kappa shape index (κ3) is 2.09. The summed E-state index contributed by atoms with van der Waals surface area (Å²) in [6, 6.07) is 7.99. The number of esters is 1. The number of rotatable bonds is 1. The molecule has 1 aromatic rings. The summed E-state index contributed by atoms with van der Waals surface area (Å²) in [5.74, 6) is 1.09. The van der Waals surface area contributed by atoms with Crippen molar-refractivity contribution in [3.05, 3.63) is 41.2 Å². The largest absolute Gasteiger partial charge is 0.493 e. The number of hydrogen-bond acceptors (Lipinski definition) is 4. The molecule has 0 fully saturated rings. The van der Waals surface area contributed by atoms with E-state index in [9.17, 15) is 4.79 Å². The van der Waals surface area contributed by atoms with Crippen LogP contribution in [0.3, 0.4) is 0 Å². The van der Waals surface area contributed by atoms with Crippen molar-refractivity contribution in [2.75, 3.05) is 13.7 Å². The monoisotopic (exact) mass is 288 g/mol. The molecule has 2 heterocycles. The molecule has 4 heteroatoms. The third-order valence-electron chi connectivity index (χ3n) is 4.53. The average Bonchev–Trinajstić information content (AvgIpc) is 2.49. The molecule has 21 heavy (non-hydrogen) atoms. The Morgan fingerprint density at radius 2 is 2.05 bits per heavy atom. The topological polar surface area (TPSA) is 44.8 Å². The smallest absolute Gasteiger partial charge is 0.373 e. The summed E-state index contributed by atoms with van der Waals surface area (Å²) in [4.78, 5) is 12.0. The van der Waals surface area contributed by atoms with Crippen molar-refractivity contribution in [1.82, 2.24) is 0 Å². The second-order valence-corrected chi connectivity index (χ2v) is 6.14. The van der Waals surface area contributed by atoms with Crippen molar-refractivity contribution >= 4 is 5.97 Å². The number of carbonyl (C=O) groups excluding carboxylic acids is 1. The Balaban J connectivity index is 2.16. The number of para-hydroxylation sites is 1. The van der Waals surface area contributed by atoms with Crippen LogP contribution in [0.15, 0.2) is 35.6 Å². The first kappa shape index (κ1) is 14.0. The molecule has 3 rings (SSSR count). The van der Waals surface area contributed by atoms with E-state index in [0.717, 1.165) is 16.9 Å². The van der Waals surface area contributed by atoms with Crippen LogP contribution in [0.1, 0.15) is 32.3 Å². The van der Waals surface area contributed by atoms with Crippen LogP contribution in [-0.4, -0.2) is 25.3 Å². The molecule has 0 radical (unpaired) electrons. The van der Waals surface area contributed by atoms with Gasteiger partial charge in [0.05, 0.1) is 13.7 Å². The van der Waals surface area contributed by atoms with Gasteiger partial charge >= 0.3 is 5.97 Å². The fourth-order valence-electron chi connectivity index (χ4n) is 3.35. The summed E-state index contributed by atoms with van der Waals surface area (Å²) in [5, 5.41) is 0. The highest BCUT2D eigenvalue weighted by Crippen LogP contribution is 2.50. The minimum absolute atomic E-state index is 0.118. The zero-order valence-corrected chi connectivity index (χ0v) is 12.8. The average molecular weight is 288 g/mol. The Morgan fingerprint density at radius 1 is 1.33 bits per heavy atom. The molecular formula is C17H20O4. The highest BCUT2D eigenvalue weighted by molar-refractivity contribution is 5.87. The van der Waals surface area contributed by atoms with Crippen molar-refractivity contribution in [2.24, 2.45) is 5.92 Å². The van der Waals surface area contributed by atoms with Crippen LogP contribution < -0.4 is 4.74 Å². The number of benzene rings is 1. The molecule has 2 atom stereocenters. The zero-order chi connectivity index (χ0) is 15.2. The Morgan fingerprint density at radius 3 is 2.76 bits per heavy atom. The normalized spacial score (nSPS) is 26.1. The minimum Gasteiger partial charge on any atom is -0.493 e. The van der Waals surface area contributed by atoms with Gasteiger partial charge < -0.3 is 14.2 Å². The Hall–Kier alpha value is -1.97. The molecule has 112 valence electrons. The van der Waals surface area contributed by atoms with Crippen molar-refractivity contribution in [3.63, 3.8) is 0 Å². The molecule has 0 spiro atoms. The predicted molar refractivity (Wildman–Crippen MR) is 78.0 cm³/mol. The first-order valence-electron chi connectivity index (χ1n) is 7.15. The molecule has 0 saturated carbocycles. The predicted octanol–water partition coefficient (Wildman–Crippen LogP) is 3.03. The molecule has 2 aliphatic rings. The fourth-order valence-corrected chi connectivity index (χ4v) is 3.35. The van der Waals surface area contributed by atoms with Gasteiger partial charge in [-0.3, -0.25) is 0 Å². The summed E-state index contributed by atoms with van der Waals surface area (Å²) in [6.45, 7) is 6.52. The summed E-state index contributed by atoms with van der Waals surface area (Å²) >= 11 is 0. The van der Waals surface area contributed by atoms with Crippen molar-refractivity contribution in [3.8, 4) is 5.75 Å². The summed E-state index contributed by atoms with van der Waals surface area (Å²) in [6.07, 6.45) is 0. The van der Waals surface area contributed by atoms with Gasteiger partial charge in [-0.05, 0) is 32.4 Å². The molecule has 0 aromatic heterocycles. The maximum absolute atomic E-state index is 12.0. The highest BCUT2D eigenvalue weighted by Gasteiger charge is 2.49.